The molecule has 1 amide bonds. The first-order chi connectivity index (χ1) is 12.8. The molecule has 2 aromatic rings. The second-order valence-electron chi connectivity index (χ2n) is 6.42. The Kier molecular flexibility index (Phi) is 5.84. The van der Waals surface area contributed by atoms with Gasteiger partial charge in [-0.3, -0.25) is 4.79 Å². The normalized spacial score (nSPS) is 15.4. The van der Waals surface area contributed by atoms with Crippen molar-refractivity contribution < 1.29 is 18.0 Å². The minimum Gasteiger partial charge on any atom is -0.351 e. The van der Waals surface area contributed by atoms with Gasteiger partial charge in [0.2, 0.25) is 5.95 Å². The van der Waals surface area contributed by atoms with Crippen molar-refractivity contribution >= 4 is 29.1 Å². The number of nitrogens with one attached hydrogen (secondary N) is 2. The number of carbonyl (C=O) groups is 1. The summed E-state index contributed by atoms with van der Waals surface area (Å²) in [4.78, 5) is 20.5. The standard InChI is InChI=1S/C18H18ClF3N4O/c19-15-7-6-13(8-14(15)18(20,21)22)25-16(27)11-9-23-17(24-10-11)26-12-4-2-1-3-5-12/h6-10,12H,1-5H2,(H,25,27)(H,23,24,26). The number of rotatable bonds is 4. The van der Waals surface area contributed by atoms with Gasteiger partial charge < -0.3 is 10.6 Å². The van der Waals surface area contributed by atoms with E-state index in [0.29, 0.717) is 12.0 Å². The van der Waals surface area contributed by atoms with Crippen LogP contribution in [0.15, 0.2) is 30.6 Å². The quantitative estimate of drug-likeness (QED) is 0.747. The Hall–Kier alpha value is -2.35. The molecule has 1 fully saturated rings. The lowest BCUT2D eigenvalue weighted by atomic mass is 9.96. The van der Waals surface area contributed by atoms with E-state index in [4.69, 9.17) is 11.6 Å². The molecule has 1 heterocycles. The molecule has 0 radical (unpaired) electrons. The molecule has 9 heteroatoms. The lowest BCUT2D eigenvalue weighted by molar-refractivity contribution is -0.137. The molecule has 1 aliphatic carbocycles. The Balaban J connectivity index is 1.66. The van der Waals surface area contributed by atoms with Gasteiger partial charge in [-0.2, -0.15) is 13.2 Å². The molecule has 0 aliphatic heterocycles. The molecule has 3 rings (SSSR count). The predicted octanol–water partition coefficient (Wildman–Crippen LogP) is 5.15. The van der Waals surface area contributed by atoms with Gasteiger partial charge in [0, 0.05) is 24.1 Å². The molecule has 0 atom stereocenters. The molecule has 144 valence electrons. The second-order valence-corrected chi connectivity index (χ2v) is 6.83. The number of carbonyl (C=O) groups excluding carboxylic acids is 1. The number of amides is 1. The summed E-state index contributed by atoms with van der Waals surface area (Å²) in [5, 5.41) is 5.21. The van der Waals surface area contributed by atoms with Crippen LogP contribution in [0.3, 0.4) is 0 Å². The highest BCUT2D eigenvalue weighted by molar-refractivity contribution is 6.31. The minimum absolute atomic E-state index is 0.0128. The highest BCUT2D eigenvalue weighted by Gasteiger charge is 2.33. The molecule has 2 N–H and O–H groups in total. The van der Waals surface area contributed by atoms with E-state index in [-0.39, 0.29) is 11.3 Å². The number of aromatic nitrogens is 2. The van der Waals surface area contributed by atoms with E-state index in [0.717, 1.165) is 25.0 Å². The molecule has 1 aromatic carbocycles. The zero-order chi connectivity index (χ0) is 19.4. The van der Waals surface area contributed by atoms with Crippen molar-refractivity contribution in [3.8, 4) is 0 Å². The summed E-state index contributed by atoms with van der Waals surface area (Å²) in [6.45, 7) is 0. The molecule has 0 spiro atoms. The molecule has 1 aromatic heterocycles. The van der Waals surface area contributed by atoms with E-state index in [1.807, 2.05) is 0 Å². The van der Waals surface area contributed by atoms with Gasteiger partial charge in [0.1, 0.15) is 0 Å². The average molecular weight is 399 g/mol. The van der Waals surface area contributed by atoms with E-state index in [1.54, 1.807) is 0 Å². The molecular formula is C18H18ClF3N4O. The fraction of sp³-hybridized carbons (Fsp3) is 0.389. The van der Waals surface area contributed by atoms with Crippen LogP contribution < -0.4 is 10.6 Å². The Labute approximate surface area is 159 Å². The van der Waals surface area contributed by atoms with Crippen molar-refractivity contribution in [2.24, 2.45) is 0 Å². The van der Waals surface area contributed by atoms with Crippen LogP contribution in [-0.4, -0.2) is 21.9 Å². The molecule has 27 heavy (non-hydrogen) atoms. The lowest BCUT2D eigenvalue weighted by Crippen LogP contribution is -2.23. The largest absolute Gasteiger partial charge is 0.417 e. The van der Waals surface area contributed by atoms with Gasteiger partial charge in [-0.15, -0.1) is 0 Å². The van der Waals surface area contributed by atoms with E-state index in [2.05, 4.69) is 20.6 Å². The number of benzene rings is 1. The van der Waals surface area contributed by atoms with Gasteiger partial charge in [0.05, 0.1) is 16.1 Å². The highest BCUT2D eigenvalue weighted by Crippen LogP contribution is 2.36. The highest BCUT2D eigenvalue weighted by atomic mass is 35.5. The first-order valence-electron chi connectivity index (χ1n) is 8.59. The average Bonchev–Trinajstić information content (AvgIpc) is 2.64. The maximum Gasteiger partial charge on any atom is 0.417 e. The Bertz CT molecular complexity index is 805. The van der Waals surface area contributed by atoms with Gasteiger partial charge in [0.15, 0.2) is 0 Å². The number of nitrogens with zero attached hydrogens (tertiary/aromatic N) is 2. The third-order valence-corrected chi connectivity index (χ3v) is 4.71. The van der Waals surface area contributed by atoms with Crippen LogP contribution in [0.4, 0.5) is 24.8 Å². The molecule has 1 saturated carbocycles. The van der Waals surface area contributed by atoms with Crippen LogP contribution in [0.5, 0.6) is 0 Å². The third-order valence-electron chi connectivity index (χ3n) is 4.38. The Morgan fingerprint density at radius 1 is 1.11 bits per heavy atom. The van der Waals surface area contributed by atoms with Crippen molar-refractivity contribution in [1.82, 2.24) is 9.97 Å². The van der Waals surface area contributed by atoms with Crippen LogP contribution >= 0.6 is 11.6 Å². The second kappa shape index (κ2) is 8.12. The van der Waals surface area contributed by atoms with Crippen molar-refractivity contribution in [2.75, 3.05) is 10.6 Å². The van der Waals surface area contributed by atoms with Gasteiger partial charge >= 0.3 is 6.18 Å². The van der Waals surface area contributed by atoms with Crippen molar-refractivity contribution in [2.45, 2.75) is 44.3 Å². The topological polar surface area (TPSA) is 66.9 Å². The Morgan fingerprint density at radius 2 is 1.78 bits per heavy atom. The van der Waals surface area contributed by atoms with E-state index in [1.165, 1.54) is 37.7 Å². The molecular weight excluding hydrogens is 381 g/mol. The third kappa shape index (κ3) is 5.09. The summed E-state index contributed by atoms with van der Waals surface area (Å²) in [5.74, 6) is -0.168. The van der Waals surface area contributed by atoms with Crippen LogP contribution in [0, 0.1) is 0 Å². The van der Waals surface area contributed by atoms with Crippen molar-refractivity contribution in [3.63, 3.8) is 0 Å². The van der Waals surface area contributed by atoms with E-state index in [9.17, 15) is 18.0 Å². The fourth-order valence-corrected chi connectivity index (χ4v) is 3.20. The van der Waals surface area contributed by atoms with Crippen LogP contribution in [0.25, 0.3) is 0 Å². The Morgan fingerprint density at radius 3 is 2.41 bits per heavy atom. The van der Waals surface area contributed by atoms with Gasteiger partial charge in [-0.05, 0) is 31.0 Å². The molecule has 0 bridgehead atoms. The summed E-state index contributed by atoms with van der Waals surface area (Å²) in [7, 11) is 0. The lowest BCUT2D eigenvalue weighted by Gasteiger charge is -2.22. The van der Waals surface area contributed by atoms with Crippen LogP contribution in [0.2, 0.25) is 5.02 Å². The van der Waals surface area contributed by atoms with Crippen LogP contribution in [-0.2, 0) is 6.18 Å². The van der Waals surface area contributed by atoms with E-state index >= 15 is 0 Å². The van der Waals surface area contributed by atoms with Crippen molar-refractivity contribution in [1.29, 1.82) is 0 Å². The van der Waals surface area contributed by atoms with Gasteiger partial charge in [-0.1, -0.05) is 30.9 Å². The molecule has 1 aliphatic rings. The van der Waals surface area contributed by atoms with Gasteiger partial charge in [-0.25, -0.2) is 9.97 Å². The molecule has 0 unspecified atom stereocenters. The summed E-state index contributed by atoms with van der Waals surface area (Å²) >= 11 is 5.57. The SMILES string of the molecule is O=C(Nc1ccc(Cl)c(C(F)(F)F)c1)c1cnc(NC2CCCCC2)nc1. The zero-order valence-corrected chi connectivity index (χ0v) is 15.1. The zero-order valence-electron chi connectivity index (χ0n) is 14.3. The summed E-state index contributed by atoms with van der Waals surface area (Å²) in [6.07, 6.45) is 3.76. The number of hydrogen-bond donors (Lipinski definition) is 2. The number of anilines is 2. The first-order valence-corrected chi connectivity index (χ1v) is 8.97. The minimum atomic E-state index is -4.60. The number of hydrogen-bond acceptors (Lipinski definition) is 4. The monoisotopic (exact) mass is 398 g/mol. The van der Waals surface area contributed by atoms with E-state index < -0.39 is 22.7 Å². The fourth-order valence-electron chi connectivity index (χ4n) is 2.97. The molecule has 0 saturated heterocycles. The maximum absolute atomic E-state index is 12.9. The van der Waals surface area contributed by atoms with Gasteiger partial charge in [0.25, 0.3) is 5.91 Å². The molecule has 5 nitrogen and oxygen atoms in total. The predicted molar refractivity (Wildman–Crippen MR) is 96.9 cm³/mol. The number of alkyl halides is 3. The number of halogens is 4. The summed E-state index contributed by atoms with van der Waals surface area (Å²) < 4.78 is 38.7. The summed E-state index contributed by atoms with van der Waals surface area (Å²) in [5.41, 5.74) is -0.876. The smallest absolute Gasteiger partial charge is 0.351 e. The maximum atomic E-state index is 12.9. The first kappa shape index (κ1) is 19.4. The van der Waals surface area contributed by atoms with Crippen molar-refractivity contribution in [3.05, 3.63) is 46.7 Å². The summed E-state index contributed by atoms with van der Waals surface area (Å²) in [6, 6.07) is 3.51. The van der Waals surface area contributed by atoms with Crippen LogP contribution in [0.1, 0.15) is 48.0 Å².